The Kier molecular flexibility index (Phi) is 11.6. The number of alkyl halides is 2. The van der Waals surface area contributed by atoms with E-state index in [0.29, 0.717) is 100 Å². The van der Waals surface area contributed by atoms with Gasteiger partial charge >= 0.3 is 6.03 Å². The van der Waals surface area contributed by atoms with Gasteiger partial charge in [0.25, 0.3) is 12.3 Å². The molecule has 1 saturated carbocycles. The molecule has 5 aliphatic rings. The van der Waals surface area contributed by atoms with Crippen LogP contribution in [0, 0.1) is 10.8 Å². The van der Waals surface area contributed by atoms with Crippen molar-refractivity contribution in [2.45, 2.75) is 91.3 Å². The summed E-state index contributed by atoms with van der Waals surface area (Å²) in [6, 6.07) is 3.48. The van der Waals surface area contributed by atoms with Crippen molar-refractivity contribution < 1.29 is 23.2 Å². The van der Waals surface area contributed by atoms with Crippen LogP contribution in [0.5, 0.6) is 0 Å². The zero-order valence-electron chi connectivity index (χ0n) is 37.9. The molecule has 0 radical (unpaired) electrons. The van der Waals surface area contributed by atoms with Gasteiger partial charge in [0.05, 0.1) is 30.9 Å². The Morgan fingerprint density at radius 1 is 0.891 bits per heavy atom. The number of likely N-dealkylation sites (tertiary alicyclic amines) is 1. The Hall–Kier alpha value is -5.65. The summed E-state index contributed by atoms with van der Waals surface area (Å²) in [5.41, 5.74) is 5.35. The van der Waals surface area contributed by atoms with E-state index in [2.05, 4.69) is 72.8 Å². The van der Waals surface area contributed by atoms with Crippen molar-refractivity contribution in [3.63, 3.8) is 0 Å². The zero-order valence-corrected chi connectivity index (χ0v) is 37.9. The normalized spacial score (nSPS) is 20.2. The topological polar surface area (TPSA) is 153 Å². The third kappa shape index (κ3) is 8.29. The molecule has 9 rings (SSSR count). The van der Waals surface area contributed by atoms with Gasteiger partial charge in [0.15, 0.2) is 5.82 Å². The summed E-state index contributed by atoms with van der Waals surface area (Å²) in [4.78, 5) is 58.8. The van der Waals surface area contributed by atoms with Gasteiger partial charge in [0, 0.05) is 126 Å². The van der Waals surface area contributed by atoms with Gasteiger partial charge in [-0.05, 0) is 66.2 Å². The number of anilines is 3. The molecule has 0 atom stereocenters. The van der Waals surface area contributed by atoms with Crippen LogP contribution in [0.25, 0.3) is 11.1 Å². The lowest BCUT2D eigenvalue weighted by molar-refractivity contribution is -0.133. The third-order valence-corrected chi connectivity index (χ3v) is 14.3. The second kappa shape index (κ2) is 17.0. The van der Waals surface area contributed by atoms with Gasteiger partial charge in [-0.15, -0.1) is 0 Å². The molecule has 16 nitrogen and oxygen atoms in total. The van der Waals surface area contributed by atoms with Gasteiger partial charge in [-0.3, -0.25) is 23.9 Å². The van der Waals surface area contributed by atoms with Crippen molar-refractivity contribution in [3.05, 3.63) is 64.9 Å². The number of aromatic nitrogens is 6. The number of hydrogen-bond donors (Lipinski definition) is 2. The van der Waals surface area contributed by atoms with Gasteiger partial charge in [-0.1, -0.05) is 27.7 Å². The molecule has 2 N–H and O–H groups in total. The molecule has 0 spiro atoms. The van der Waals surface area contributed by atoms with Crippen molar-refractivity contribution in [3.8, 4) is 11.1 Å². The van der Waals surface area contributed by atoms with Crippen molar-refractivity contribution in [2.75, 3.05) is 75.8 Å². The Morgan fingerprint density at radius 3 is 2.25 bits per heavy atom. The highest BCUT2D eigenvalue weighted by molar-refractivity contribution is 5.94. The van der Waals surface area contributed by atoms with E-state index in [1.165, 1.54) is 0 Å². The maximum Gasteiger partial charge on any atom is 0.317 e. The predicted molar refractivity (Wildman–Crippen MR) is 239 cm³/mol. The van der Waals surface area contributed by atoms with Gasteiger partial charge in [-0.25, -0.2) is 23.5 Å². The minimum absolute atomic E-state index is 0.0449. The fourth-order valence-electron chi connectivity index (χ4n) is 11.4. The summed E-state index contributed by atoms with van der Waals surface area (Å²) in [5.74, 6) is 1.24. The van der Waals surface area contributed by atoms with Crippen molar-refractivity contribution >= 4 is 35.3 Å². The highest BCUT2D eigenvalue weighted by atomic mass is 19.3. The van der Waals surface area contributed by atoms with Crippen LogP contribution >= 0.6 is 0 Å². The van der Waals surface area contributed by atoms with Gasteiger partial charge in [-0.2, -0.15) is 10.2 Å². The molecule has 7 heterocycles. The minimum atomic E-state index is -2.69. The van der Waals surface area contributed by atoms with Crippen LogP contribution in [-0.2, 0) is 31.2 Å². The number of nitrogens with one attached hydrogen (secondary N) is 2. The van der Waals surface area contributed by atoms with E-state index in [1.807, 2.05) is 11.0 Å². The first kappa shape index (κ1) is 43.6. The SMILES string of the molecule is CNC(=O)N1CCc2c(c(N3CCCc4cc(-c5cnn(C)c5)c(C(F)F)cc43)nn2C2CCN(C(=O)CN3CCN(c4ncc(C(=O)NC5C(C)(C)CC5(C)C)cn4)CC3)CC2)C1. The summed E-state index contributed by atoms with van der Waals surface area (Å²) in [5, 5.41) is 15.5. The first-order valence-electron chi connectivity index (χ1n) is 22.8. The molecule has 3 fully saturated rings. The number of aryl methyl sites for hydroxylation is 2. The third-order valence-electron chi connectivity index (χ3n) is 14.3. The fraction of sp³-hybridized carbons (Fsp3) is 0.587. The summed E-state index contributed by atoms with van der Waals surface area (Å²) in [6.45, 7) is 14.5. The molecule has 1 aromatic carbocycles. The number of hydrogen-bond acceptors (Lipinski definition) is 10. The monoisotopic (exact) mass is 881 g/mol. The number of piperidine rings is 1. The van der Waals surface area contributed by atoms with Gasteiger partial charge in [0.1, 0.15) is 0 Å². The maximum absolute atomic E-state index is 14.8. The fourth-order valence-corrected chi connectivity index (χ4v) is 11.4. The number of carbonyl (C=O) groups is 3. The number of rotatable bonds is 9. The first-order chi connectivity index (χ1) is 30.6. The summed E-state index contributed by atoms with van der Waals surface area (Å²) < 4.78 is 33.2. The highest BCUT2D eigenvalue weighted by Crippen LogP contribution is 2.53. The van der Waals surface area contributed by atoms with E-state index in [-0.39, 0.29) is 46.3 Å². The van der Waals surface area contributed by atoms with E-state index in [4.69, 9.17) is 5.10 Å². The van der Waals surface area contributed by atoms with E-state index < -0.39 is 6.43 Å². The van der Waals surface area contributed by atoms with Crippen LogP contribution in [0.15, 0.2) is 36.9 Å². The lowest BCUT2D eigenvalue weighted by Crippen LogP contribution is -2.63. The molecular formula is C46H61F2N13O3. The summed E-state index contributed by atoms with van der Waals surface area (Å²) in [7, 11) is 3.40. The molecule has 18 heteroatoms. The zero-order chi connectivity index (χ0) is 45.1. The Morgan fingerprint density at radius 2 is 1.61 bits per heavy atom. The molecule has 0 unspecified atom stereocenters. The smallest absolute Gasteiger partial charge is 0.317 e. The largest absolute Gasteiger partial charge is 0.348 e. The lowest BCUT2D eigenvalue weighted by Gasteiger charge is -2.57. The second-order valence-electron chi connectivity index (χ2n) is 19.7. The number of urea groups is 1. The maximum atomic E-state index is 14.8. The van der Waals surface area contributed by atoms with Crippen molar-refractivity contribution in [1.82, 2.24) is 54.9 Å². The Labute approximate surface area is 373 Å². The number of nitrogens with zero attached hydrogens (tertiary/aromatic N) is 11. The van der Waals surface area contributed by atoms with Gasteiger partial charge < -0.3 is 30.2 Å². The first-order valence-corrected chi connectivity index (χ1v) is 22.8. The summed E-state index contributed by atoms with van der Waals surface area (Å²) in [6.07, 6.45) is 8.61. The van der Waals surface area contributed by atoms with Crippen molar-refractivity contribution in [2.24, 2.45) is 17.9 Å². The van der Waals surface area contributed by atoms with Crippen LogP contribution in [0.3, 0.4) is 0 Å². The highest BCUT2D eigenvalue weighted by Gasteiger charge is 2.53. The van der Waals surface area contributed by atoms with E-state index in [9.17, 15) is 23.2 Å². The molecule has 4 aromatic rings. The standard InChI is InChI=1S/C46H61F2N13O3/c1-45(2)28-46(3,4)42(45)53-41(63)30-22-50-43(51-23-30)58-18-16-56(17-19-58)27-38(62)57-13-9-32(10-14-57)61-36-11-15-59(44(64)49-5)26-35(36)40(54-61)60-12-7-8-29-20-33(31-24-52-55(6)25-31)34(39(47)48)21-37(29)60/h20-25,32,39,42H,7-19,26-28H2,1-6H3,(H,49,64)(H,53,63). The van der Waals surface area contributed by atoms with E-state index in [1.54, 1.807) is 54.5 Å². The molecule has 4 aliphatic heterocycles. The second-order valence-corrected chi connectivity index (χ2v) is 19.7. The average Bonchev–Trinajstić information content (AvgIpc) is 3.90. The van der Waals surface area contributed by atoms with Crippen LogP contribution in [0.1, 0.15) is 98.6 Å². The molecule has 3 aromatic heterocycles. The summed E-state index contributed by atoms with van der Waals surface area (Å²) >= 11 is 0. The van der Waals surface area contributed by atoms with Crippen LogP contribution in [-0.4, -0.2) is 134 Å². The Bertz CT molecular complexity index is 2380. The predicted octanol–water partition coefficient (Wildman–Crippen LogP) is 5.33. The van der Waals surface area contributed by atoms with Crippen LogP contribution < -0.4 is 20.4 Å². The van der Waals surface area contributed by atoms with Crippen LogP contribution in [0.4, 0.5) is 31.0 Å². The number of carbonyl (C=O) groups excluding carboxylic acids is 3. The Balaban J connectivity index is 0.842. The van der Waals surface area contributed by atoms with E-state index in [0.717, 1.165) is 54.6 Å². The molecule has 342 valence electrons. The molecule has 64 heavy (non-hydrogen) atoms. The van der Waals surface area contributed by atoms with Crippen LogP contribution in [0.2, 0.25) is 0 Å². The number of fused-ring (bicyclic) bond motifs is 2. The molecule has 1 aliphatic carbocycles. The average molecular weight is 882 g/mol. The van der Waals surface area contributed by atoms with Crippen molar-refractivity contribution in [1.29, 1.82) is 0 Å². The number of benzene rings is 1. The molecule has 4 amide bonds. The lowest BCUT2D eigenvalue weighted by atomic mass is 9.52. The number of halogens is 2. The molecular weight excluding hydrogens is 821 g/mol. The van der Waals surface area contributed by atoms with E-state index >= 15 is 0 Å². The molecule has 0 bridgehead atoms. The van der Waals surface area contributed by atoms with Gasteiger partial charge in [0.2, 0.25) is 11.9 Å². The number of amides is 4. The minimum Gasteiger partial charge on any atom is -0.348 e. The number of piperazine rings is 1. The molecule has 2 saturated heterocycles. The quantitative estimate of drug-likeness (QED) is 0.226.